The van der Waals surface area contributed by atoms with Gasteiger partial charge in [0.25, 0.3) is 0 Å². The Balaban J connectivity index is 3.61. The van der Waals surface area contributed by atoms with Crippen LogP contribution >= 0.6 is 0 Å². The molecule has 0 aromatic rings. The van der Waals surface area contributed by atoms with Gasteiger partial charge in [-0.05, 0) is 19.8 Å². The highest BCUT2D eigenvalue weighted by Gasteiger charge is 2.09. The number of aliphatic carboxylic acids is 1. The average molecular weight is 202 g/mol. The largest absolute Gasteiger partial charge is 0.481 e. The van der Waals surface area contributed by atoms with Crippen molar-refractivity contribution in [3.05, 3.63) is 0 Å². The van der Waals surface area contributed by atoms with Gasteiger partial charge in [0.05, 0.1) is 0 Å². The highest BCUT2D eigenvalue weighted by molar-refractivity contribution is 5.74. The van der Waals surface area contributed by atoms with E-state index in [1.165, 1.54) is 0 Å². The second-order valence-corrected chi connectivity index (χ2v) is 3.71. The molecule has 14 heavy (non-hydrogen) atoms. The molecule has 0 aliphatic carbocycles. The van der Waals surface area contributed by atoms with Gasteiger partial charge in [0.15, 0.2) is 0 Å². The van der Waals surface area contributed by atoms with Crippen molar-refractivity contribution in [2.24, 2.45) is 5.92 Å². The summed E-state index contributed by atoms with van der Waals surface area (Å²) in [4.78, 5) is 21.4. The zero-order valence-electron chi connectivity index (χ0n) is 8.83. The first-order valence-electron chi connectivity index (χ1n) is 4.68. The number of urea groups is 1. The molecule has 0 saturated heterocycles. The Kier molecular flexibility index (Phi) is 5.67. The molecule has 0 heterocycles. The minimum atomic E-state index is -0.844. The van der Waals surface area contributed by atoms with E-state index in [0.29, 0.717) is 6.54 Å². The van der Waals surface area contributed by atoms with E-state index in [1.807, 2.05) is 13.8 Å². The topological polar surface area (TPSA) is 78.4 Å². The lowest BCUT2D eigenvalue weighted by Gasteiger charge is -2.12. The average Bonchev–Trinajstić information content (AvgIpc) is 1.98. The van der Waals surface area contributed by atoms with Crippen LogP contribution in [-0.4, -0.2) is 29.7 Å². The summed E-state index contributed by atoms with van der Waals surface area (Å²) in [5, 5.41) is 13.7. The van der Waals surface area contributed by atoms with E-state index in [1.54, 1.807) is 6.92 Å². The fourth-order valence-electron chi connectivity index (χ4n) is 0.950. The Morgan fingerprint density at radius 3 is 2.29 bits per heavy atom. The summed E-state index contributed by atoms with van der Waals surface area (Å²) in [6.07, 6.45) is 0.0714. The van der Waals surface area contributed by atoms with Gasteiger partial charge in [-0.25, -0.2) is 4.79 Å². The van der Waals surface area contributed by atoms with E-state index in [4.69, 9.17) is 5.11 Å². The van der Waals surface area contributed by atoms with Crippen molar-refractivity contribution in [3.8, 4) is 0 Å². The van der Waals surface area contributed by atoms with Gasteiger partial charge in [-0.15, -0.1) is 0 Å². The lowest BCUT2D eigenvalue weighted by atomic mass is 10.1. The number of carbonyl (C=O) groups excluding carboxylic acids is 1. The molecule has 0 aliphatic heterocycles. The molecular weight excluding hydrogens is 184 g/mol. The van der Waals surface area contributed by atoms with E-state index in [9.17, 15) is 9.59 Å². The van der Waals surface area contributed by atoms with Crippen LogP contribution in [0.3, 0.4) is 0 Å². The van der Waals surface area contributed by atoms with Crippen LogP contribution in [-0.2, 0) is 4.79 Å². The van der Waals surface area contributed by atoms with Gasteiger partial charge >= 0.3 is 12.0 Å². The van der Waals surface area contributed by atoms with Crippen LogP contribution in [0.2, 0.25) is 0 Å². The first kappa shape index (κ1) is 12.7. The SMILES string of the molecule is CC(CNC(=O)NC(C)C)CC(=O)O. The number of nitrogens with one attached hydrogen (secondary N) is 2. The Morgan fingerprint density at radius 1 is 1.29 bits per heavy atom. The predicted molar refractivity (Wildman–Crippen MR) is 53.1 cm³/mol. The maximum Gasteiger partial charge on any atom is 0.314 e. The fourth-order valence-corrected chi connectivity index (χ4v) is 0.950. The van der Waals surface area contributed by atoms with Crippen LogP contribution in [0, 0.1) is 5.92 Å². The molecule has 0 bridgehead atoms. The summed E-state index contributed by atoms with van der Waals surface area (Å²) in [6.45, 7) is 5.88. The molecule has 82 valence electrons. The van der Waals surface area contributed by atoms with Gasteiger partial charge in [-0.1, -0.05) is 6.92 Å². The van der Waals surface area contributed by atoms with Crippen molar-refractivity contribution in [1.29, 1.82) is 0 Å². The van der Waals surface area contributed by atoms with E-state index < -0.39 is 5.97 Å². The third-order valence-corrected chi connectivity index (χ3v) is 1.55. The Bertz CT molecular complexity index is 204. The van der Waals surface area contributed by atoms with Gasteiger partial charge in [-0.2, -0.15) is 0 Å². The second kappa shape index (κ2) is 6.23. The summed E-state index contributed by atoms with van der Waals surface area (Å²) in [6, 6.07) is -0.165. The highest BCUT2D eigenvalue weighted by atomic mass is 16.4. The molecule has 3 N–H and O–H groups in total. The lowest BCUT2D eigenvalue weighted by molar-refractivity contribution is -0.137. The van der Waals surface area contributed by atoms with Crippen LogP contribution in [0.25, 0.3) is 0 Å². The molecule has 0 saturated carbocycles. The van der Waals surface area contributed by atoms with Crippen molar-refractivity contribution < 1.29 is 14.7 Å². The number of rotatable bonds is 5. The molecule has 0 spiro atoms. The molecule has 0 aromatic carbocycles. The van der Waals surface area contributed by atoms with Crippen LogP contribution in [0.4, 0.5) is 4.79 Å². The fraction of sp³-hybridized carbons (Fsp3) is 0.778. The molecule has 0 aliphatic rings. The molecule has 1 unspecified atom stereocenters. The van der Waals surface area contributed by atoms with E-state index in [2.05, 4.69) is 10.6 Å². The van der Waals surface area contributed by atoms with Crippen molar-refractivity contribution in [2.75, 3.05) is 6.54 Å². The van der Waals surface area contributed by atoms with Gasteiger partial charge in [0.2, 0.25) is 0 Å². The first-order valence-corrected chi connectivity index (χ1v) is 4.68. The number of carbonyl (C=O) groups is 2. The van der Waals surface area contributed by atoms with Crippen molar-refractivity contribution in [2.45, 2.75) is 33.2 Å². The normalized spacial score (nSPS) is 12.3. The van der Waals surface area contributed by atoms with E-state index >= 15 is 0 Å². The van der Waals surface area contributed by atoms with Crippen molar-refractivity contribution >= 4 is 12.0 Å². The van der Waals surface area contributed by atoms with Crippen LogP contribution in [0.15, 0.2) is 0 Å². The van der Waals surface area contributed by atoms with E-state index in [0.717, 1.165) is 0 Å². The number of amides is 2. The second-order valence-electron chi connectivity index (χ2n) is 3.71. The minimum Gasteiger partial charge on any atom is -0.481 e. The van der Waals surface area contributed by atoms with Crippen LogP contribution in [0.5, 0.6) is 0 Å². The van der Waals surface area contributed by atoms with Crippen molar-refractivity contribution in [1.82, 2.24) is 10.6 Å². The third-order valence-electron chi connectivity index (χ3n) is 1.55. The minimum absolute atomic E-state index is 0.0505. The molecule has 0 radical (unpaired) electrons. The quantitative estimate of drug-likeness (QED) is 0.617. The van der Waals surface area contributed by atoms with Gasteiger partial charge in [0.1, 0.15) is 0 Å². The van der Waals surface area contributed by atoms with E-state index in [-0.39, 0.29) is 24.4 Å². The van der Waals surface area contributed by atoms with Crippen LogP contribution in [0.1, 0.15) is 27.2 Å². The molecular formula is C9H18N2O3. The number of hydrogen-bond donors (Lipinski definition) is 3. The summed E-state index contributed by atoms with van der Waals surface area (Å²) >= 11 is 0. The molecule has 5 heteroatoms. The summed E-state index contributed by atoms with van der Waals surface area (Å²) < 4.78 is 0. The summed E-state index contributed by atoms with van der Waals surface area (Å²) in [5.41, 5.74) is 0. The Morgan fingerprint density at radius 2 is 1.86 bits per heavy atom. The maximum absolute atomic E-state index is 11.1. The van der Waals surface area contributed by atoms with Crippen LogP contribution < -0.4 is 10.6 Å². The predicted octanol–water partition coefficient (Wildman–Crippen LogP) is 0.805. The number of hydrogen-bond acceptors (Lipinski definition) is 2. The monoisotopic (exact) mass is 202 g/mol. The molecule has 0 fully saturated rings. The Labute approximate surface area is 83.9 Å². The smallest absolute Gasteiger partial charge is 0.314 e. The maximum atomic E-state index is 11.1. The van der Waals surface area contributed by atoms with Gasteiger partial charge in [0, 0.05) is 19.0 Å². The third kappa shape index (κ3) is 7.39. The summed E-state index contributed by atoms with van der Waals surface area (Å²) in [5.74, 6) is -0.894. The Hall–Kier alpha value is -1.26. The molecule has 0 aromatic heterocycles. The molecule has 5 nitrogen and oxygen atoms in total. The molecule has 1 atom stereocenters. The highest BCUT2D eigenvalue weighted by Crippen LogP contribution is 1.98. The molecule has 0 rings (SSSR count). The zero-order chi connectivity index (χ0) is 11.1. The zero-order valence-corrected chi connectivity index (χ0v) is 8.83. The van der Waals surface area contributed by atoms with Gasteiger partial charge < -0.3 is 15.7 Å². The number of carboxylic acid groups (broad SMARTS) is 1. The summed E-state index contributed by atoms with van der Waals surface area (Å²) in [7, 11) is 0. The standard InChI is InChI=1S/C9H18N2O3/c1-6(2)11-9(14)10-5-7(3)4-8(12)13/h6-7H,4-5H2,1-3H3,(H,12,13)(H2,10,11,14). The van der Waals surface area contributed by atoms with Crippen molar-refractivity contribution in [3.63, 3.8) is 0 Å². The lowest BCUT2D eigenvalue weighted by Crippen LogP contribution is -2.41. The number of carboxylic acids is 1. The van der Waals surface area contributed by atoms with Gasteiger partial charge in [-0.3, -0.25) is 4.79 Å². The molecule has 2 amide bonds. The first-order chi connectivity index (χ1) is 6.41.